The number of nitrogens with two attached hydrogens (primary N) is 1. The van der Waals surface area contributed by atoms with Gasteiger partial charge in [0.25, 0.3) is 5.91 Å². The average molecular weight is 274 g/mol. The second-order valence-corrected chi connectivity index (χ2v) is 4.34. The Hall–Kier alpha value is -2.56. The second-order valence-electron chi connectivity index (χ2n) is 4.34. The highest BCUT2D eigenvalue weighted by Gasteiger charge is 2.06. The van der Waals surface area contributed by atoms with Gasteiger partial charge >= 0.3 is 0 Å². The van der Waals surface area contributed by atoms with Gasteiger partial charge in [0.15, 0.2) is 6.61 Å². The van der Waals surface area contributed by atoms with E-state index in [4.69, 9.17) is 10.5 Å². The van der Waals surface area contributed by atoms with Gasteiger partial charge in [0, 0.05) is 0 Å². The van der Waals surface area contributed by atoms with Gasteiger partial charge in [0.2, 0.25) is 0 Å². The number of nitrogens with one attached hydrogen (secondary N) is 1. The highest BCUT2D eigenvalue weighted by atomic mass is 19.1. The average Bonchev–Trinajstić information content (AvgIpc) is 2.43. The van der Waals surface area contributed by atoms with Gasteiger partial charge in [0.05, 0.1) is 11.4 Å². The summed E-state index contributed by atoms with van der Waals surface area (Å²) in [4.78, 5) is 11.7. The standard InChI is InChI=1S/C15H15FN2O2/c1-10-8-11(6-7-12(10)16)20-9-15(19)18-14-5-3-2-4-13(14)17/h2-8H,9,17H2,1H3,(H,18,19). The van der Waals surface area contributed by atoms with Gasteiger partial charge in [-0.3, -0.25) is 4.79 Å². The van der Waals surface area contributed by atoms with E-state index < -0.39 is 0 Å². The molecule has 0 atom stereocenters. The van der Waals surface area contributed by atoms with E-state index in [2.05, 4.69) is 5.32 Å². The minimum Gasteiger partial charge on any atom is -0.484 e. The first-order chi connectivity index (χ1) is 9.56. The molecule has 0 aromatic heterocycles. The Kier molecular flexibility index (Phi) is 4.20. The van der Waals surface area contributed by atoms with Crippen LogP contribution in [0.4, 0.5) is 15.8 Å². The molecule has 5 heteroatoms. The van der Waals surface area contributed by atoms with Gasteiger partial charge in [0.1, 0.15) is 11.6 Å². The van der Waals surface area contributed by atoms with Crippen LogP contribution in [0, 0.1) is 12.7 Å². The Morgan fingerprint density at radius 1 is 1.30 bits per heavy atom. The van der Waals surface area contributed by atoms with Crippen LogP contribution in [0.1, 0.15) is 5.56 Å². The maximum absolute atomic E-state index is 13.1. The zero-order valence-electron chi connectivity index (χ0n) is 11.0. The molecular weight excluding hydrogens is 259 g/mol. The predicted octanol–water partition coefficient (Wildman–Crippen LogP) is 2.73. The predicted molar refractivity (Wildman–Crippen MR) is 76.1 cm³/mol. The van der Waals surface area contributed by atoms with Gasteiger partial charge in [-0.15, -0.1) is 0 Å². The summed E-state index contributed by atoms with van der Waals surface area (Å²) in [6.07, 6.45) is 0. The van der Waals surface area contributed by atoms with Crippen molar-refractivity contribution >= 4 is 17.3 Å². The SMILES string of the molecule is Cc1cc(OCC(=O)Nc2ccccc2N)ccc1F. The van der Waals surface area contributed by atoms with Gasteiger partial charge in [-0.1, -0.05) is 12.1 Å². The third-order valence-electron chi connectivity index (χ3n) is 2.73. The molecule has 0 aliphatic rings. The Labute approximate surface area is 116 Å². The van der Waals surface area contributed by atoms with E-state index in [0.717, 1.165) is 0 Å². The molecule has 2 aromatic carbocycles. The summed E-state index contributed by atoms with van der Waals surface area (Å²) in [6, 6.07) is 11.3. The van der Waals surface area contributed by atoms with Crippen LogP contribution in [0.3, 0.4) is 0 Å². The van der Waals surface area contributed by atoms with Crippen LogP contribution < -0.4 is 15.8 Å². The van der Waals surface area contributed by atoms with Gasteiger partial charge in [-0.05, 0) is 42.8 Å². The fourth-order valence-corrected chi connectivity index (χ4v) is 1.65. The van der Waals surface area contributed by atoms with Crippen LogP contribution in [0.2, 0.25) is 0 Å². The number of rotatable bonds is 4. The monoisotopic (exact) mass is 274 g/mol. The van der Waals surface area contributed by atoms with Crippen molar-refractivity contribution in [2.24, 2.45) is 0 Å². The Balaban J connectivity index is 1.92. The first-order valence-corrected chi connectivity index (χ1v) is 6.09. The quantitative estimate of drug-likeness (QED) is 0.842. The van der Waals surface area contributed by atoms with Crippen LogP contribution >= 0.6 is 0 Å². The molecule has 0 heterocycles. The van der Waals surface area contributed by atoms with Crippen LogP contribution in [-0.4, -0.2) is 12.5 Å². The lowest BCUT2D eigenvalue weighted by atomic mass is 10.2. The van der Waals surface area contributed by atoms with Crippen LogP contribution in [0.25, 0.3) is 0 Å². The van der Waals surface area contributed by atoms with E-state index >= 15 is 0 Å². The fraction of sp³-hybridized carbons (Fsp3) is 0.133. The number of amides is 1. The third kappa shape index (κ3) is 3.47. The van der Waals surface area contributed by atoms with E-state index in [1.807, 2.05) is 0 Å². The van der Waals surface area contributed by atoms with E-state index in [1.54, 1.807) is 37.3 Å². The van der Waals surface area contributed by atoms with Gasteiger partial charge in [-0.25, -0.2) is 4.39 Å². The normalized spacial score (nSPS) is 10.1. The molecule has 0 radical (unpaired) electrons. The largest absolute Gasteiger partial charge is 0.484 e. The topological polar surface area (TPSA) is 64.3 Å². The molecule has 2 rings (SSSR count). The molecule has 104 valence electrons. The van der Waals surface area contributed by atoms with E-state index in [9.17, 15) is 9.18 Å². The number of nitrogen functional groups attached to an aromatic ring is 1. The van der Waals surface area contributed by atoms with Crippen molar-refractivity contribution in [3.8, 4) is 5.75 Å². The fourth-order valence-electron chi connectivity index (χ4n) is 1.65. The van der Waals surface area contributed by atoms with Gasteiger partial charge < -0.3 is 15.8 Å². The number of hydrogen-bond acceptors (Lipinski definition) is 3. The Bertz CT molecular complexity index is 629. The van der Waals surface area contributed by atoms with Crippen LogP contribution in [-0.2, 0) is 4.79 Å². The van der Waals surface area contributed by atoms with Crippen molar-refractivity contribution in [2.75, 3.05) is 17.7 Å². The van der Waals surface area contributed by atoms with Crippen molar-refractivity contribution in [1.29, 1.82) is 0 Å². The van der Waals surface area contributed by atoms with Crippen molar-refractivity contribution < 1.29 is 13.9 Å². The number of anilines is 2. The minimum absolute atomic E-state index is 0.167. The van der Waals surface area contributed by atoms with Crippen LogP contribution in [0.15, 0.2) is 42.5 Å². The third-order valence-corrected chi connectivity index (χ3v) is 2.73. The lowest BCUT2D eigenvalue weighted by Gasteiger charge is -2.09. The van der Waals surface area contributed by atoms with Crippen molar-refractivity contribution in [3.05, 3.63) is 53.8 Å². The lowest BCUT2D eigenvalue weighted by molar-refractivity contribution is -0.118. The van der Waals surface area contributed by atoms with Gasteiger partial charge in [-0.2, -0.15) is 0 Å². The summed E-state index contributed by atoms with van der Waals surface area (Å²) < 4.78 is 18.4. The number of carbonyl (C=O) groups excluding carboxylic acids is 1. The minimum atomic E-state index is -0.329. The molecule has 0 saturated carbocycles. The number of ether oxygens (including phenoxy) is 1. The summed E-state index contributed by atoms with van der Waals surface area (Å²) in [5.41, 5.74) is 7.21. The number of hydrogen-bond donors (Lipinski definition) is 2. The molecule has 3 N–H and O–H groups in total. The number of halogens is 1. The number of para-hydroxylation sites is 2. The molecule has 0 unspecified atom stereocenters. The summed E-state index contributed by atoms with van der Waals surface area (Å²) >= 11 is 0. The Morgan fingerprint density at radius 2 is 2.05 bits per heavy atom. The molecule has 0 bridgehead atoms. The maximum Gasteiger partial charge on any atom is 0.262 e. The summed E-state index contributed by atoms with van der Waals surface area (Å²) in [5.74, 6) is -0.191. The second kappa shape index (κ2) is 6.06. The highest BCUT2D eigenvalue weighted by molar-refractivity contribution is 5.94. The highest BCUT2D eigenvalue weighted by Crippen LogP contribution is 2.18. The zero-order valence-corrected chi connectivity index (χ0v) is 11.0. The summed E-state index contributed by atoms with van der Waals surface area (Å²) in [5, 5.41) is 2.64. The van der Waals surface area contributed by atoms with Crippen molar-refractivity contribution in [2.45, 2.75) is 6.92 Å². The molecule has 0 fully saturated rings. The number of carbonyl (C=O) groups is 1. The zero-order chi connectivity index (χ0) is 14.5. The van der Waals surface area contributed by atoms with Crippen LogP contribution in [0.5, 0.6) is 5.75 Å². The van der Waals surface area contributed by atoms with E-state index in [0.29, 0.717) is 22.7 Å². The van der Waals surface area contributed by atoms with Crippen molar-refractivity contribution in [1.82, 2.24) is 0 Å². The van der Waals surface area contributed by atoms with Crippen molar-refractivity contribution in [3.63, 3.8) is 0 Å². The number of benzene rings is 2. The molecule has 0 aliphatic heterocycles. The molecule has 1 amide bonds. The smallest absolute Gasteiger partial charge is 0.262 e. The first kappa shape index (κ1) is 13.9. The number of aryl methyl sites for hydroxylation is 1. The van der Waals surface area contributed by atoms with E-state index in [-0.39, 0.29) is 18.3 Å². The molecule has 0 spiro atoms. The molecular formula is C15H15FN2O2. The molecule has 20 heavy (non-hydrogen) atoms. The van der Waals surface area contributed by atoms with E-state index in [1.165, 1.54) is 12.1 Å². The summed E-state index contributed by atoms with van der Waals surface area (Å²) in [7, 11) is 0. The maximum atomic E-state index is 13.1. The lowest BCUT2D eigenvalue weighted by Crippen LogP contribution is -2.20. The molecule has 2 aromatic rings. The summed E-state index contributed by atoms with van der Waals surface area (Å²) in [6.45, 7) is 1.46. The molecule has 0 saturated heterocycles. The Morgan fingerprint density at radius 3 is 2.75 bits per heavy atom. The first-order valence-electron chi connectivity index (χ1n) is 6.09. The molecule has 4 nitrogen and oxygen atoms in total. The molecule has 0 aliphatic carbocycles.